The van der Waals surface area contributed by atoms with Crippen LogP contribution in [0.3, 0.4) is 0 Å². The van der Waals surface area contributed by atoms with Gasteiger partial charge in [-0.25, -0.2) is 9.97 Å². The first-order chi connectivity index (χ1) is 10.8. The van der Waals surface area contributed by atoms with Crippen molar-refractivity contribution in [3.8, 4) is 0 Å². The van der Waals surface area contributed by atoms with Crippen molar-refractivity contribution in [3.63, 3.8) is 0 Å². The minimum atomic E-state index is -0.122. The molecule has 22 heavy (non-hydrogen) atoms. The van der Waals surface area contributed by atoms with Crippen LogP contribution in [0.15, 0.2) is 42.7 Å². The molecular formula is C17H22N4O. The molecule has 1 aromatic carbocycles. The van der Waals surface area contributed by atoms with E-state index >= 15 is 0 Å². The van der Waals surface area contributed by atoms with Crippen LogP contribution in [-0.2, 0) is 0 Å². The molecule has 0 fully saturated rings. The fraction of sp³-hybridized carbons (Fsp3) is 0.353. The van der Waals surface area contributed by atoms with Gasteiger partial charge in [0.15, 0.2) is 0 Å². The van der Waals surface area contributed by atoms with Crippen molar-refractivity contribution >= 4 is 17.5 Å². The van der Waals surface area contributed by atoms with E-state index in [9.17, 15) is 4.79 Å². The lowest BCUT2D eigenvalue weighted by Gasteiger charge is -2.20. The number of hydrogen-bond acceptors (Lipinski definition) is 4. The van der Waals surface area contributed by atoms with Gasteiger partial charge in [-0.2, -0.15) is 0 Å². The molecule has 5 heteroatoms. The van der Waals surface area contributed by atoms with E-state index in [0.29, 0.717) is 18.1 Å². The molecule has 2 rings (SSSR count). The topological polar surface area (TPSA) is 58.1 Å². The number of unbranched alkanes of at least 4 members (excludes halogenated alkanes) is 1. The number of rotatable bonds is 7. The number of carbonyl (C=O) groups excluding carboxylic acids is 1. The van der Waals surface area contributed by atoms with Crippen molar-refractivity contribution in [1.82, 2.24) is 15.3 Å². The quantitative estimate of drug-likeness (QED) is 0.798. The number of benzene rings is 1. The van der Waals surface area contributed by atoms with Crippen LogP contribution >= 0.6 is 0 Å². The maximum atomic E-state index is 11.9. The standard InChI is InChI=1S/C17H22N4O/c1-3-5-11-18-16(22)14-12-19-17(20-13-14)21(4-2)15-9-7-6-8-10-15/h6-10,12-13H,3-5,11H2,1-2H3,(H,18,22). The van der Waals surface area contributed by atoms with Crippen molar-refractivity contribution in [2.75, 3.05) is 18.0 Å². The molecule has 0 saturated heterocycles. The summed E-state index contributed by atoms with van der Waals surface area (Å²) in [5.74, 6) is 0.474. The largest absolute Gasteiger partial charge is 0.352 e. The van der Waals surface area contributed by atoms with Crippen LogP contribution < -0.4 is 10.2 Å². The first kappa shape index (κ1) is 15.9. The lowest BCUT2D eigenvalue weighted by Crippen LogP contribution is -2.25. The maximum Gasteiger partial charge on any atom is 0.254 e. The molecule has 1 amide bonds. The van der Waals surface area contributed by atoms with Crippen molar-refractivity contribution < 1.29 is 4.79 Å². The fourth-order valence-electron chi connectivity index (χ4n) is 2.11. The average Bonchev–Trinajstić information content (AvgIpc) is 2.57. The number of nitrogens with one attached hydrogen (secondary N) is 1. The van der Waals surface area contributed by atoms with E-state index < -0.39 is 0 Å². The summed E-state index contributed by atoms with van der Waals surface area (Å²) in [6, 6.07) is 9.96. The van der Waals surface area contributed by atoms with Crippen molar-refractivity contribution in [2.24, 2.45) is 0 Å². The molecule has 1 heterocycles. The summed E-state index contributed by atoms with van der Waals surface area (Å²) in [6.45, 7) is 5.57. The Labute approximate surface area is 131 Å². The smallest absolute Gasteiger partial charge is 0.254 e. The number of amides is 1. The third kappa shape index (κ3) is 4.04. The van der Waals surface area contributed by atoms with E-state index in [4.69, 9.17) is 0 Å². The summed E-state index contributed by atoms with van der Waals surface area (Å²) in [6.07, 6.45) is 5.19. The molecule has 1 N–H and O–H groups in total. The van der Waals surface area contributed by atoms with Gasteiger partial charge < -0.3 is 10.2 Å². The summed E-state index contributed by atoms with van der Waals surface area (Å²) in [7, 11) is 0. The minimum Gasteiger partial charge on any atom is -0.352 e. The average molecular weight is 298 g/mol. The van der Waals surface area contributed by atoms with E-state index in [1.165, 1.54) is 0 Å². The Kier molecular flexibility index (Phi) is 5.89. The summed E-state index contributed by atoms with van der Waals surface area (Å²) in [5.41, 5.74) is 1.52. The van der Waals surface area contributed by atoms with Crippen molar-refractivity contribution in [1.29, 1.82) is 0 Å². The van der Waals surface area contributed by atoms with Gasteiger partial charge in [0.2, 0.25) is 5.95 Å². The Bertz CT molecular complexity index is 583. The highest BCUT2D eigenvalue weighted by Crippen LogP contribution is 2.20. The second-order valence-electron chi connectivity index (χ2n) is 4.96. The normalized spacial score (nSPS) is 10.3. The van der Waals surface area contributed by atoms with Gasteiger partial charge in [0.1, 0.15) is 0 Å². The fourth-order valence-corrected chi connectivity index (χ4v) is 2.11. The van der Waals surface area contributed by atoms with Crippen LogP contribution in [0.1, 0.15) is 37.0 Å². The van der Waals surface area contributed by atoms with E-state index in [-0.39, 0.29) is 5.91 Å². The number of anilines is 2. The number of hydrogen-bond donors (Lipinski definition) is 1. The van der Waals surface area contributed by atoms with Crippen LogP contribution in [0, 0.1) is 0 Å². The summed E-state index contributed by atoms with van der Waals surface area (Å²) in [4.78, 5) is 22.6. The predicted molar refractivity (Wildman–Crippen MR) is 88.4 cm³/mol. The van der Waals surface area contributed by atoms with Gasteiger partial charge in [0.25, 0.3) is 5.91 Å². The van der Waals surface area contributed by atoms with Gasteiger partial charge in [-0.05, 0) is 25.5 Å². The Balaban J connectivity index is 2.09. The van der Waals surface area contributed by atoms with E-state index in [2.05, 4.69) is 22.2 Å². The Morgan fingerprint density at radius 1 is 1.14 bits per heavy atom. The summed E-state index contributed by atoms with van der Waals surface area (Å²) >= 11 is 0. The van der Waals surface area contributed by atoms with Crippen LogP contribution in [-0.4, -0.2) is 29.0 Å². The van der Waals surface area contributed by atoms with Gasteiger partial charge in [-0.3, -0.25) is 4.79 Å². The maximum absolute atomic E-state index is 11.9. The van der Waals surface area contributed by atoms with E-state index in [1.807, 2.05) is 42.2 Å². The van der Waals surface area contributed by atoms with Gasteiger partial charge >= 0.3 is 0 Å². The molecule has 5 nitrogen and oxygen atoms in total. The summed E-state index contributed by atoms with van der Waals surface area (Å²) < 4.78 is 0. The number of carbonyl (C=O) groups is 1. The van der Waals surface area contributed by atoms with Crippen LogP contribution in [0.5, 0.6) is 0 Å². The molecule has 1 aromatic heterocycles. The molecule has 0 radical (unpaired) electrons. The Morgan fingerprint density at radius 3 is 2.41 bits per heavy atom. The van der Waals surface area contributed by atoms with Crippen molar-refractivity contribution in [3.05, 3.63) is 48.3 Å². The molecule has 2 aromatic rings. The van der Waals surface area contributed by atoms with Crippen LogP contribution in [0.25, 0.3) is 0 Å². The van der Waals surface area contributed by atoms with E-state index in [1.54, 1.807) is 12.4 Å². The molecule has 0 aliphatic heterocycles. The zero-order chi connectivity index (χ0) is 15.8. The van der Waals surface area contributed by atoms with Gasteiger partial charge in [-0.15, -0.1) is 0 Å². The molecule has 0 aliphatic rings. The molecule has 0 unspecified atom stereocenters. The second kappa shape index (κ2) is 8.12. The van der Waals surface area contributed by atoms with E-state index in [0.717, 1.165) is 25.1 Å². The molecule has 0 saturated carbocycles. The highest BCUT2D eigenvalue weighted by atomic mass is 16.1. The first-order valence-electron chi connectivity index (χ1n) is 7.69. The zero-order valence-corrected chi connectivity index (χ0v) is 13.1. The molecule has 0 bridgehead atoms. The van der Waals surface area contributed by atoms with Gasteiger partial charge in [0, 0.05) is 31.2 Å². The third-order valence-electron chi connectivity index (χ3n) is 3.34. The zero-order valence-electron chi connectivity index (χ0n) is 13.1. The number of aromatic nitrogens is 2. The molecule has 116 valence electrons. The Morgan fingerprint density at radius 2 is 1.82 bits per heavy atom. The third-order valence-corrected chi connectivity index (χ3v) is 3.34. The minimum absolute atomic E-state index is 0.122. The number of para-hydroxylation sites is 1. The molecule has 0 spiro atoms. The summed E-state index contributed by atoms with van der Waals surface area (Å²) in [5, 5.41) is 2.86. The van der Waals surface area contributed by atoms with Crippen LogP contribution in [0.4, 0.5) is 11.6 Å². The predicted octanol–water partition coefficient (Wildman–Crippen LogP) is 3.16. The Hall–Kier alpha value is -2.43. The highest BCUT2D eigenvalue weighted by Gasteiger charge is 2.11. The van der Waals surface area contributed by atoms with Crippen molar-refractivity contribution in [2.45, 2.75) is 26.7 Å². The van der Waals surface area contributed by atoms with Gasteiger partial charge in [0.05, 0.1) is 5.56 Å². The molecule has 0 atom stereocenters. The molecular weight excluding hydrogens is 276 g/mol. The SMILES string of the molecule is CCCCNC(=O)c1cnc(N(CC)c2ccccc2)nc1. The molecule has 0 aliphatic carbocycles. The lowest BCUT2D eigenvalue weighted by atomic mass is 10.3. The number of nitrogens with zero attached hydrogens (tertiary/aromatic N) is 3. The monoisotopic (exact) mass is 298 g/mol. The second-order valence-corrected chi connectivity index (χ2v) is 4.96. The van der Waals surface area contributed by atoms with Gasteiger partial charge in [-0.1, -0.05) is 31.5 Å². The lowest BCUT2D eigenvalue weighted by molar-refractivity contribution is 0.0952. The first-order valence-corrected chi connectivity index (χ1v) is 7.69. The highest BCUT2D eigenvalue weighted by molar-refractivity contribution is 5.93. The van der Waals surface area contributed by atoms with Crippen LogP contribution in [0.2, 0.25) is 0 Å².